The van der Waals surface area contributed by atoms with Crippen LogP contribution in [0.25, 0.3) is 0 Å². The van der Waals surface area contributed by atoms with Crippen molar-refractivity contribution in [1.29, 1.82) is 0 Å². The van der Waals surface area contributed by atoms with Crippen molar-refractivity contribution < 1.29 is 13.2 Å². The Bertz CT molecular complexity index is 1020. The van der Waals surface area contributed by atoms with Crippen LogP contribution in [0.5, 0.6) is 11.5 Å². The van der Waals surface area contributed by atoms with E-state index in [4.69, 9.17) is 10.5 Å². The van der Waals surface area contributed by atoms with Crippen molar-refractivity contribution in [3.05, 3.63) is 78.6 Å². The first kappa shape index (κ1) is 20.3. The van der Waals surface area contributed by atoms with Gasteiger partial charge in [-0.2, -0.15) is 4.31 Å². The zero-order chi connectivity index (χ0) is 21.1. The summed E-state index contributed by atoms with van der Waals surface area (Å²) in [7, 11) is -3.40. The number of hydrogen-bond donors (Lipinski definition) is 1. The maximum atomic E-state index is 12.2. The number of benzene rings is 2. The molecule has 0 spiro atoms. The molecule has 2 aliphatic rings. The Kier molecular flexibility index (Phi) is 5.69. The van der Waals surface area contributed by atoms with Crippen LogP contribution in [-0.2, 0) is 10.0 Å². The number of piperidine rings is 1. The molecular weight excluding hydrogens is 400 g/mol. The second-order valence-electron chi connectivity index (χ2n) is 7.41. The smallest absolute Gasteiger partial charge is 0.235 e. The van der Waals surface area contributed by atoms with Gasteiger partial charge in [0, 0.05) is 36.4 Å². The van der Waals surface area contributed by atoms with Gasteiger partial charge in [0.25, 0.3) is 0 Å². The van der Waals surface area contributed by atoms with E-state index in [1.54, 1.807) is 0 Å². The number of anilines is 1. The summed E-state index contributed by atoms with van der Waals surface area (Å²) in [5.41, 5.74) is 7.24. The third-order valence-corrected chi connectivity index (χ3v) is 6.91. The topological polar surface area (TPSA) is 79.1 Å². The number of sulfonamides is 1. The third-order valence-electron chi connectivity index (χ3n) is 5.44. The van der Waals surface area contributed by atoms with E-state index in [1.165, 1.54) is 4.31 Å². The molecule has 0 aromatic heterocycles. The molecule has 2 aromatic rings. The van der Waals surface area contributed by atoms with Crippen LogP contribution < -0.4 is 15.4 Å². The molecule has 2 aromatic carbocycles. The molecule has 8 heteroatoms. The van der Waals surface area contributed by atoms with Crippen molar-refractivity contribution in [2.45, 2.75) is 18.9 Å². The highest BCUT2D eigenvalue weighted by atomic mass is 32.2. The summed E-state index contributed by atoms with van der Waals surface area (Å²) in [6.45, 7) is 4.99. The van der Waals surface area contributed by atoms with E-state index in [0.717, 1.165) is 35.4 Å². The van der Waals surface area contributed by atoms with E-state index in [1.807, 2.05) is 65.7 Å². The minimum absolute atomic E-state index is 0.0812. The summed E-state index contributed by atoms with van der Waals surface area (Å²) in [4.78, 5) is 4.13. The van der Waals surface area contributed by atoms with Gasteiger partial charge in [-0.05, 0) is 49.2 Å². The van der Waals surface area contributed by atoms with Crippen molar-refractivity contribution in [3.63, 3.8) is 0 Å². The molecule has 2 N–H and O–H groups in total. The lowest BCUT2D eigenvalue weighted by Gasteiger charge is -2.36. The Morgan fingerprint density at radius 2 is 1.77 bits per heavy atom. The fourth-order valence-electron chi connectivity index (χ4n) is 3.82. The highest BCUT2D eigenvalue weighted by Crippen LogP contribution is 2.29. The van der Waals surface area contributed by atoms with Gasteiger partial charge in [0.15, 0.2) is 0 Å². The summed E-state index contributed by atoms with van der Waals surface area (Å²) in [5, 5.41) is 1.02. The lowest BCUT2D eigenvalue weighted by atomic mass is 10.1. The predicted octanol–water partition coefficient (Wildman–Crippen LogP) is 3.25. The van der Waals surface area contributed by atoms with Gasteiger partial charge in [0.1, 0.15) is 17.3 Å². The summed E-state index contributed by atoms with van der Waals surface area (Å²) in [5.74, 6) is 2.17. The van der Waals surface area contributed by atoms with Crippen LogP contribution in [0.3, 0.4) is 0 Å². The van der Waals surface area contributed by atoms with Crippen LogP contribution in [0, 0.1) is 0 Å². The van der Waals surface area contributed by atoms with Gasteiger partial charge in [0.2, 0.25) is 10.0 Å². The summed E-state index contributed by atoms with van der Waals surface area (Å²) in [6, 6.07) is 17.5. The van der Waals surface area contributed by atoms with Crippen molar-refractivity contribution in [2.75, 3.05) is 24.7 Å². The maximum Gasteiger partial charge on any atom is 0.235 e. The van der Waals surface area contributed by atoms with Crippen molar-refractivity contribution in [3.8, 4) is 11.5 Å². The normalized spacial score (nSPS) is 20.1. The van der Waals surface area contributed by atoms with Gasteiger partial charge in [0.05, 0.1) is 6.67 Å². The Hall–Kier alpha value is -2.97. The van der Waals surface area contributed by atoms with Crippen LogP contribution in [0.1, 0.15) is 12.8 Å². The summed E-state index contributed by atoms with van der Waals surface area (Å²) >= 11 is 0. The molecule has 0 bridgehead atoms. The summed E-state index contributed by atoms with van der Waals surface area (Å²) < 4.78 is 31.7. The van der Waals surface area contributed by atoms with Gasteiger partial charge in [-0.15, -0.1) is 0 Å². The Morgan fingerprint density at radius 3 is 2.47 bits per heavy atom. The van der Waals surface area contributed by atoms with E-state index in [-0.39, 0.29) is 6.04 Å². The molecule has 2 heterocycles. The van der Waals surface area contributed by atoms with Gasteiger partial charge in [-0.25, -0.2) is 8.42 Å². The first-order valence-corrected chi connectivity index (χ1v) is 11.4. The molecular formula is C22H26N4O3S. The van der Waals surface area contributed by atoms with Crippen molar-refractivity contribution in [2.24, 2.45) is 5.73 Å². The molecule has 2 aliphatic heterocycles. The lowest BCUT2D eigenvalue weighted by molar-refractivity contribution is 0.194. The van der Waals surface area contributed by atoms with Gasteiger partial charge < -0.3 is 20.3 Å². The molecule has 1 atom stereocenters. The first-order valence-electron chi connectivity index (χ1n) is 9.92. The number of para-hydroxylation sites is 1. The number of rotatable bonds is 6. The predicted molar refractivity (Wildman–Crippen MR) is 118 cm³/mol. The zero-order valence-electron chi connectivity index (χ0n) is 16.7. The quantitative estimate of drug-likeness (QED) is 0.764. The van der Waals surface area contributed by atoms with Crippen LogP contribution in [0.2, 0.25) is 0 Å². The summed E-state index contributed by atoms with van der Waals surface area (Å²) in [6.07, 6.45) is 3.64. The minimum Gasteiger partial charge on any atom is -0.457 e. The monoisotopic (exact) mass is 426 g/mol. The molecule has 1 fully saturated rings. The van der Waals surface area contributed by atoms with Gasteiger partial charge in [-0.3, -0.25) is 0 Å². The highest BCUT2D eigenvalue weighted by Gasteiger charge is 2.32. The molecule has 0 radical (unpaired) electrons. The average molecular weight is 427 g/mol. The second kappa shape index (κ2) is 8.41. The van der Waals surface area contributed by atoms with E-state index >= 15 is 0 Å². The Labute approximate surface area is 177 Å². The van der Waals surface area contributed by atoms with E-state index < -0.39 is 10.0 Å². The molecule has 1 saturated heterocycles. The zero-order valence-corrected chi connectivity index (χ0v) is 17.5. The molecule has 7 nitrogen and oxygen atoms in total. The largest absolute Gasteiger partial charge is 0.457 e. The SMILES string of the molecule is C=CS(=O)(=O)N1CCC[C@@H](N2C=C(N)N(c3ccc(Oc4ccccc4)cc3)C2)C1. The van der Waals surface area contributed by atoms with E-state index in [2.05, 4.69) is 11.5 Å². The molecule has 0 saturated carbocycles. The third kappa shape index (κ3) is 4.29. The molecule has 158 valence electrons. The highest BCUT2D eigenvalue weighted by molar-refractivity contribution is 7.92. The van der Waals surface area contributed by atoms with E-state index in [9.17, 15) is 8.42 Å². The van der Waals surface area contributed by atoms with Crippen molar-refractivity contribution >= 4 is 15.7 Å². The van der Waals surface area contributed by atoms with Gasteiger partial charge in [-0.1, -0.05) is 24.8 Å². The second-order valence-corrected chi connectivity index (χ2v) is 9.29. The lowest BCUT2D eigenvalue weighted by Crippen LogP contribution is -2.48. The molecule has 0 amide bonds. The Morgan fingerprint density at radius 1 is 1.07 bits per heavy atom. The number of ether oxygens (including phenoxy) is 1. The number of nitrogens with zero attached hydrogens (tertiary/aromatic N) is 3. The van der Waals surface area contributed by atoms with Crippen LogP contribution in [0.15, 0.2) is 78.6 Å². The molecule has 0 unspecified atom stereocenters. The van der Waals surface area contributed by atoms with Crippen LogP contribution in [0.4, 0.5) is 5.69 Å². The molecule has 4 rings (SSSR count). The van der Waals surface area contributed by atoms with Gasteiger partial charge >= 0.3 is 0 Å². The fourth-order valence-corrected chi connectivity index (χ4v) is 4.80. The number of nitrogens with two attached hydrogens (primary N) is 1. The minimum atomic E-state index is -3.40. The first-order chi connectivity index (χ1) is 14.5. The molecule has 0 aliphatic carbocycles. The fraction of sp³-hybridized carbons (Fsp3) is 0.273. The van der Waals surface area contributed by atoms with E-state index in [0.29, 0.717) is 25.6 Å². The van der Waals surface area contributed by atoms with Crippen molar-refractivity contribution in [1.82, 2.24) is 9.21 Å². The number of hydrogen-bond acceptors (Lipinski definition) is 6. The van der Waals surface area contributed by atoms with Crippen LogP contribution >= 0.6 is 0 Å². The standard InChI is InChI=1S/C22H26N4O3S/c1-2-30(27,28)25-14-6-7-19(15-25)24-16-22(23)26(17-24)18-10-12-21(13-11-18)29-20-8-4-3-5-9-20/h2-5,8-13,16,19H,1,6-7,14-15,17,23H2/t19-/m1/s1. The molecule has 30 heavy (non-hydrogen) atoms. The Balaban J connectivity index is 1.42. The van der Waals surface area contributed by atoms with Crippen LogP contribution in [-0.4, -0.2) is 43.4 Å². The average Bonchev–Trinajstić information content (AvgIpc) is 3.17. The maximum absolute atomic E-state index is 12.2.